The third-order valence-electron chi connectivity index (χ3n) is 2.60. The average Bonchev–Trinajstić information content (AvgIpc) is 2.77. The van der Waals surface area contributed by atoms with Crippen LogP contribution in [-0.4, -0.2) is 42.9 Å². The van der Waals surface area contributed by atoms with E-state index in [0.717, 1.165) is 23.9 Å². The fourth-order valence-electron chi connectivity index (χ4n) is 1.44. The molecule has 0 bridgehead atoms. The smallest absolute Gasteiger partial charge is 0.322 e. The fourth-order valence-corrected chi connectivity index (χ4v) is 2.21. The van der Waals surface area contributed by atoms with Crippen molar-refractivity contribution in [2.24, 2.45) is 7.05 Å². The monoisotopic (exact) mass is 309 g/mol. The van der Waals surface area contributed by atoms with Gasteiger partial charge in [0.2, 0.25) is 11.1 Å². The summed E-state index contributed by atoms with van der Waals surface area (Å²) in [5.74, 6) is 1.33. The predicted molar refractivity (Wildman–Crippen MR) is 79.6 cm³/mol. The molecule has 0 aromatic carbocycles. The number of hydrogen-bond acceptors (Lipinski definition) is 8. The van der Waals surface area contributed by atoms with E-state index in [1.165, 1.54) is 11.8 Å². The Hall–Kier alpha value is -1.90. The fraction of sp³-hybridized carbons (Fsp3) is 0.583. The van der Waals surface area contributed by atoms with Gasteiger partial charge in [0.15, 0.2) is 5.16 Å². The standard InChI is InChI=1S/C12H19N7OS/c1-5-7-20-10-14-9(13-6-2)15-11(16-10)21-12-18-17-8(3)19(12)4/h5-7H2,1-4H3,(H,13,14,15,16). The molecule has 1 N–H and O–H groups in total. The lowest BCUT2D eigenvalue weighted by Gasteiger charge is -2.07. The van der Waals surface area contributed by atoms with E-state index in [1.807, 2.05) is 32.4 Å². The molecule has 2 aromatic rings. The summed E-state index contributed by atoms with van der Waals surface area (Å²) in [6, 6.07) is 0.323. The maximum atomic E-state index is 5.50. The molecule has 0 aliphatic heterocycles. The van der Waals surface area contributed by atoms with Gasteiger partial charge >= 0.3 is 6.01 Å². The summed E-state index contributed by atoms with van der Waals surface area (Å²) in [5, 5.41) is 12.4. The minimum absolute atomic E-state index is 0.323. The van der Waals surface area contributed by atoms with Crippen molar-refractivity contribution in [3.05, 3.63) is 5.82 Å². The highest BCUT2D eigenvalue weighted by atomic mass is 32.2. The third kappa shape index (κ3) is 4.03. The molecular formula is C12H19N7OS. The molecule has 0 amide bonds. The number of ether oxygens (including phenoxy) is 1. The Morgan fingerprint density at radius 2 is 2.00 bits per heavy atom. The van der Waals surface area contributed by atoms with E-state index in [-0.39, 0.29) is 0 Å². The van der Waals surface area contributed by atoms with Crippen molar-refractivity contribution in [1.29, 1.82) is 0 Å². The summed E-state index contributed by atoms with van der Waals surface area (Å²) in [6.07, 6.45) is 0.896. The summed E-state index contributed by atoms with van der Waals surface area (Å²) in [5.41, 5.74) is 0. The Kier molecular flexibility index (Phi) is 5.32. The first kappa shape index (κ1) is 15.5. The molecule has 2 rings (SSSR count). The molecule has 0 fully saturated rings. The van der Waals surface area contributed by atoms with Crippen molar-refractivity contribution in [2.75, 3.05) is 18.5 Å². The molecule has 0 saturated carbocycles. The summed E-state index contributed by atoms with van der Waals surface area (Å²) < 4.78 is 7.38. The van der Waals surface area contributed by atoms with Crippen LogP contribution in [0.5, 0.6) is 6.01 Å². The van der Waals surface area contributed by atoms with E-state index in [1.54, 1.807) is 0 Å². The molecule has 0 spiro atoms. The number of aromatic nitrogens is 6. The molecule has 114 valence electrons. The lowest BCUT2D eigenvalue weighted by atomic mass is 10.5. The van der Waals surface area contributed by atoms with Crippen LogP contribution >= 0.6 is 11.8 Å². The van der Waals surface area contributed by atoms with E-state index in [4.69, 9.17) is 4.74 Å². The summed E-state index contributed by atoms with van der Waals surface area (Å²) in [7, 11) is 1.90. The van der Waals surface area contributed by atoms with Crippen LogP contribution < -0.4 is 10.1 Å². The Bertz CT molecular complexity index is 601. The lowest BCUT2D eigenvalue weighted by molar-refractivity contribution is 0.288. The van der Waals surface area contributed by atoms with E-state index < -0.39 is 0 Å². The van der Waals surface area contributed by atoms with Crippen molar-refractivity contribution in [3.63, 3.8) is 0 Å². The van der Waals surface area contributed by atoms with Crippen LogP contribution in [0, 0.1) is 6.92 Å². The van der Waals surface area contributed by atoms with Crippen LogP contribution in [0.1, 0.15) is 26.1 Å². The molecule has 0 unspecified atom stereocenters. The molecule has 0 atom stereocenters. The van der Waals surface area contributed by atoms with Gasteiger partial charge in [-0.1, -0.05) is 6.92 Å². The molecule has 0 saturated heterocycles. The first-order valence-corrected chi connectivity index (χ1v) is 7.62. The zero-order valence-corrected chi connectivity index (χ0v) is 13.4. The van der Waals surface area contributed by atoms with Gasteiger partial charge in [-0.05, 0) is 32.0 Å². The van der Waals surface area contributed by atoms with Crippen LogP contribution in [0.3, 0.4) is 0 Å². The molecular weight excluding hydrogens is 290 g/mol. The SMILES string of the molecule is CCCOc1nc(NCC)nc(Sc2nnc(C)n2C)n1. The second kappa shape index (κ2) is 7.21. The molecule has 21 heavy (non-hydrogen) atoms. The van der Waals surface area contributed by atoms with Crippen LogP contribution in [0.4, 0.5) is 5.95 Å². The van der Waals surface area contributed by atoms with Crippen LogP contribution in [-0.2, 0) is 7.05 Å². The minimum atomic E-state index is 0.323. The largest absolute Gasteiger partial charge is 0.463 e. The first-order valence-electron chi connectivity index (χ1n) is 6.80. The van der Waals surface area contributed by atoms with Gasteiger partial charge < -0.3 is 14.6 Å². The third-order valence-corrected chi connectivity index (χ3v) is 3.50. The Labute approximate surface area is 127 Å². The summed E-state index contributed by atoms with van der Waals surface area (Å²) in [6.45, 7) is 7.21. The van der Waals surface area contributed by atoms with E-state index in [2.05, 4.69) is 30.5 Å². The van der Waals surface area contributed by atoms with Crippen molar-refractivity contribution in [1.82, 2.24) is 29.7 Å². The molecule has 0 aliphatic carbocycles. The zero-order valence-electron chi connectivity index (χ0n) is 12.6. The topological polar surface area (TPSA) is 90.6 Å². The van der Waals surface area contributed by atoms with Crippen LogP contribution in [0.25, 0.3) is 0 Å². The van der Waals surface area contributed by atoms with E-state index in [9.17, 15) is 0 Å². The predicted octanol–water partition coefficient (Wildman–Crippen LogP) is 1.68. The molecule has 2 aromatic heterocycles. The Morgan fingerprint density at radius 3 is 2.62 bits per heavy atom. The van der Waals surface area contributed by atoms with Gasteiger partial charge in [-0.25, -0.2) is 0 Å². The highest BCUT2D eigenvalue weighted by Gasteiger charge is 2.13. The van der Waals surface area contributed by atoms with E-state index >= 15 is 0 Å². The Balaban J connectivity index is 2.24. The highest BCUT2D eigenvalue weighted by molar-refractivity contribution is 7.99. The van der Waals surface area contributed by atoms with Gasteiger partial charge in [0.25, 0.3) is 0 Å². The zero-order chi connectivity index (χ0) is 15.2. The number of nitrogens with zero attached hydrogens (tertiary/aromatic N) is 6. The Morgan fingerprint density at radius 1 is 1.19 bits per heavy atom. The van der Waals surface area contributed by atoms with Crippen molar-refractivity contribution in [3.8, 4) is 6.01 Å². The molecule has 0 aliphatic rings. The second-order valence-corrected chi connectivity index (χ2v) is 5.23. The maximum Gasteiger partial charge on any atom is 0.322 e. The number of rotatable bonds is 7. The van der Waals surface area contributed by atoms with Gasteiger partial charge in [-0.2, -0.15) is 15.0 Å². The first-order chi connectivity index (χ1) is 10.1. The molecule has 8 nitrogen and oxygen atoms in total. The van der Waals surface area contributed by atoms with Crippen LogP contribution in [0.2, 0.25) is 0 Å². The quantitative estimate of drug-likeness (QED) is 0.826. The normalized spacial score (nSPS) is 10.7. The summed E-state index contributed by atoms with van der Waals surface area (Å²) >= 11 is 1.33. The van der Waals surface area contributed by atoms with Crippen molar-refractivity contribution in [2.45, 2.75) is 37.5 Å². The molecule has 2 heterocycles. The lowest BCUT2D eigenvalue weighted by Crippen LogP contribution is -2.08. The van der Waals surface area contributed by atoms with Crippen molar-refractivity contribution >= 4 is 17.7 Å². The average molecular weight is 309 g/mol. The summed E-state index contributed by atoms with van der Waals surface area (Å²) in [4.78, 5) is 12.9. The number of aryl methyl sites for hydroxylation is 1. The number of anilines is 1. The van der Waals surface area contributed by atoms with Gasteiger partial charge in [-0.15, -0.1) is 10.2 Å². The van der Waals surface area contributed by atoms with Gasteiger partial charge in [0.05, 0.1) is 6.61 Å². The number of hydrogen-bond donors (Lipinski definition) is 1. The van der Waals surface area contributed by atoms with Crippen molar-refractivity contribution < 1.29 is 4.74 Å². The molecule has 0 radical (unpaired) electrons. The van der Waals surface area contributed by atoms with Gasteiger partial charge in [0.1, 0.15) is 5.82 Å². The van der Waals surface area contributed by atoms with Gasteiger partial charge in [0, 0.05) is 13.6 Å². The number of nitrogens with one attached hydrogen (secondary N) is 1. The maximum absolute atomic E-state index is 5.50. The van der Waals surface area contributed by atoms with E-state index in [0.29, 0.717) is 23.7 Å². The molecule has 9 heteroatoms. The van der Waals surface area contributed by atoms with Gasteiger partial charge in [-0.3, -0.25) is 0 Å². The second-order valence-electron chi connectivity index (χ2n) is 4.29. The van der Waals surface area contributed by atoms with Crippen LogP contribution in [0.15, 0.2) is 10.3 Å². The highest BCUT2D eigenvalue weighted by Crippen LogP contribution is 2.24. The minimum Gasteiger partial charge on any atom is -0.463 e.